The third-order valence-electron chi connectivity index (χ3n) is 6.83. The smallest absolute Gasteiger partial charge is 0.306 e. The van der Waals surface area contributed by atoms with E-state index in [1.54, 1.807) is 13.3 Å². The predicted molar refractivity (Wildman–Crippen MR) is 141 cm³/mol. The van der Waals surface area contributed by atoms with Gasteiger partial charge >= 0.3 is 5.97 Å². The Morgan fingerprint density at radius 3 is 3.03 bits per heavy atom. The van der Waals surface area contributed by atoms with E-state index in [1.807, 2.05) is 30.3 Å². The second-order valence-electron chi connectivity index (χ2n) is 9.34. The number of carbonyl (C=O) groups excluding carboxylic acids is 1. The molecule has 5 rings (SSSR count). The first-order valence-corrected chi connectivity index (χ1v) is 13.4. The number of carboxylic acid groups (broad SMARTS) is 1. The molecule has 0 saturated carbocycles. The van der Waals surface area contributed by atoms with Crippen LogP contribution >= 0.6 is 11.8 Å². The van der Waals surface area contributed by atoms with E-state index < -0.39 is 12.1 Å². The van der Waals surface area contributed by atoms with Gasteiger partial charge in [0.2, 0.25) is 5.91 Å². The van der Waals surface area contributed by atoms with E-state index in [0.29, 0.717) is 18.1 Å². The maximum absolute atomic E-state index is 11.7. The van der Waals surface area contributed by atoms with E-state index in [1.165, 1.54) is 17.3 Å². The van der Waals surface area contributed by atoms with Gasteiger partial charge in [-0.15, -0.1) is 11.8 Å². The van der Waals surface area contributed by atoms with Gasteiger partial charge in [0.25, 0.3) is 0 Å². The summed E-state index contributed by atoms with van der Waals surface area (Å²) in [6.45, 7) is 0.466. The number of aryl methyl sites for hydroxylation is 1. The summed E-state index contributed by atoms with van der Waals surface area (Å²) in [7, 11) is 1.63. The molecular formula is C27H30N4O5S. The van der Waals surface area contributed by atoms with Crippen molar-refractivity contribution in [1.82, 2.24) is 15.3 Å². The fourth-order valence-corrected chi connectivity index (χ4v) is 5.70. The average Bonchev–Trinajstić information content (AvgIpc) is 2.90. The third-order valence-corrected chi connectivity index (χ3v) is 7.88. The van der Waals surface area contributed by atoms with Crippen LogP contribution in [0.2, 0.25) is 0 Å². The van der Waals surface area contributed by atoms with Crippen LogP contribution in [0.1, 0.15) is 36.9 Å². The molecule has 0 aliphatic carbocycles. The van der Waals surface area contributed by atoms with Crippen LogP contribution in [0.3, 0.4) is 0 Å². The lowest BCUT2D eigenvalue weighted by molar-refractivity contribution is -0.145. The van der Waals surface area contributed by atoms with Gasteiger partial charge in [0.1, 0.15) is 11.6 Å². The lowest BCUT2D eigenvalue weighted by Crippen LogP contribution is -2.48. The van der Waals surface area contributed by atoms with E-state index in [2.05, 4.69) is 26.7 Å². The Balaban J connectivity index is 1.21. The van der Waals surface area contributed by atoms with Crippen molar-refractivity contribution in [1.29, 1.82) is 0 Å². The molecule has 2 aromatic heterocycles. The number of nitrogens with one attached hydrogen (secondary N) is 2. The van der Waals surface area contributed by atoms with Gasteiger partial charge < -0.3 is 25.2 Å². The van der Waals surface area contributed by atoms with Gasteiger partial charge in [-0.3, -0.25) is 14.6 Å². The molecular weight excluding hydrogens is 492 g/mol. The Kier molecular flexibility index (Phi) is 7.87. The number of anilines is 1. The molecule has 0 radical (unpaired) electrons. The van der Waals surface area contributed by atoms with Crippen molar-refractivity contribution in [2.24, 2.45) is 0 Å². The summed E-state index contributed by atoms with van der Waals surface area (Å²) in [6, 6.07) is 11.9. The number of benzene rings is 1. The van der Waals surface area contributed by atoms with Crippen molar-refractivity contribution in [2.45, 2.75) is 61.8 Å². The fraction of sp³-hybridized carbons (Fsp3) is 0.407. The molecule has 0 bridgehead atoms. The summed E-state index contributed by atoms with van der Waals surface area (Å²) in [5.74, 6) is 0.774. The van der Waals surface area contributed by atoms with E-state index >= 15 is 0 Å². The van der Waals surface area contributed by atoms with Gasteiger partial charge in [0, 0.05) is 18.0 Å². The minimum atomic E-state index is -0.878. The van der Waals surface area contributed by atoms with E-state index in [-0.39, 0.29) is 24.5 Å². The van der Waals surface area contributed by atoms with Crippen molar-refractivity contribution >= 4 is 40.4 Å². The summed E-state index contributed by atoms with van der Waals surface area (Å²) in [5.41, 5.74) is 2.88. The van der Waals surface area contributed by atoms with Crippen LogP contribution in [0.15, 0.2) is 47.5 Å². The van der Waals surface area contributed by atoms with E-state index in [4.69, 9.17) is 9.47 Å². The third kappa shape index (κ3) is 6.20. The van der Waals surface area contributed by atoms with Gasteiger partial charge in [0.05, 0.1) is 53.8 Å². The summed E-state index contributed by atoms with van der Waals surface area (Å²) >= 11 is 1.47. The molecule has 1 aromatic carbocycles. The summed E-state index contributed by atoms with van der Waals surface area (Å²) in [4.78, 5) is 33.3. The number of carbonyl (C=O) groups is 2. The molecule has 4 heterocycles. The Hall–Kier alpha value is -3.21. The number of methoxy groups -OCH3 is 1. The molecule has 2 aliphatic rings. The number of fused-ring (bicyclic) bond motifs is 2. The van der Waals surface area contributed by atoms with Crippen LogP contribution in [0.5, 0.6) is 5.75 Å². The van der Waals surface area contributed by atoms with Crippen LogP contribution in [-0.4, -0.2) is 58.1 Å². The lowest BCUT2D eigenvalue weighted by Gasteiger charge is -2.36. The Morgan fingerprint density at radius 1 is 1.30 bits per heavy atom. The zero-order chi connectivity index (χ0) is 25.8. The molecule has 1 fully saturated rings. The fourth-order valence-electron chi connectivity index (χ4n) is 4.95. The highest BCUT2D eigenvalue weighted by atomic mass is 32.2. The number of amides is 1. The standard InChI is InChI=1S/C27H30N4O5S/c1-35-19-11-20-16(3-2-4-21(20)29-14-19)5-7-18-8-9-22(23(36-18)12-26(33)34)28-13-17-6-10-24-27(30-17)31-25(32)15-37-24/h2-4,6,10-11,14,18,22-23,28H,5,7-9,12-13,15H2,1H3,(H,33,34)(H,30,31,32)/t18-,22-,23-/m1/s1. The number of aromatic nitrogens is 2. The Bertz CT molecular complexity index is 1300. The molecule has 37 heavy (non-hydrogen) atoms. The summed E-state index contributed by atoms with van der Waals surface area (Å²) < 4.78 is 11.7. The van der Waals surface area contributed by atoms with Gasteiger partial charge in [-0.05, 0) is 55.5 Å². The second kappa shape index (κ2) is 11.5. The molecule has 1 amide bonds. The molecule has 3 N–H and O–H groups in total. The summed E-state index contributed by atoms with van der Waals surface area (Å²) in [5, 5.41) is 16.8. The first-order chi connectivity index (χ1) is 18.0. The lowest BCUT2D eigenvalue weighted by atomic mass is 9.92. The van der Waals surface area contributed by atoms with Crippen LogP contribution in [0.25, 0.3) is 10.9 Å². The molecule has 3 aromatic rings. The van der Waals surface area contributed by atoms with E-state index in [0.717, 1.165) is 52.9 Å². The highest BCUT2D eigenvalue weighted by Gasteiger charge is 2.32. The Morgan fingerprint density at radius 2 is 2.19 bits per heavy atom. The average molecular weight is 523 g/mol. The topological polar surface area (TPSA) is 123 Å². The van der Waals surface area contributed by atoms with E-state index in [9.17, 15) is 14.7 Å². The molecule has 194 valence electrons. The number of pyridine rings is 2. The molecule has 3 atom stereocenters. The minimum absolute atomic E-state index is 0.0228. The van der Waals surface area contributed by atoms with Crippen LogP contribution in [0.4, 0.5) is 5.82 Å². The number of nitrogens with zero attached hydrogens (tertiary/aromatic N) is 2. The largest absolute Gasteiger partial charge is 0.495 e. The van der Waals surface area contributed by atoms with Crippen molar-refractivity contribution in [3.05, 3.63) is 53.9 Å². The molecule has 0 spiro atoms. The maximum Gasteiger partial charge on any atom is 0.306 e. The number of ether oxygens (including phenoxy) is 2. The number of hydrogen-bond donors (Lipinski definition) is 3. The monoisotopic (exact) mass is 522 g/mol. The van der Waals surface area contributed by atoms with Crippen LogP contribution < -0.4 is 15.4 Å². The highest BCUT2D eigenvalue weighted by Crippen LogP contribution is 2.31. The van der Waals surface area contributed by atoms with Gasteiger partial charge in [-0.25, -0.2) is 4.98 Å². The first-order valence-electron chi connectivity index (χ1n) is 12.4. The zero-order valence-electron chi connectivity index (χ0n) is 20.6. The second-order valence-corrected chi connectivity index (χ2v) is 10.4. The quantitative estimate of drug-likeness (QED) is 0.385. The SMILES string of the molecule is COc1cnc2cccc(CC[C@@H]3CC[C@@H](NCc4ccc5c(n4)NC(=O)CS5)[C@@H](CC(=O)O)O3)c2c1. The van der Waals surface area contributed by atoms with Crippen molar-refractivity contribution in [3.8, 4) is 5.75 Å². The number of aliphatic carboxylic acids is 1. The summed E-state index contributed by atoms with van der Waals surface area (Å²) in [6.07, 6.45) is 4.45. The van der Waals surface area contributed by atoms with Crippen LogP contribution in [-0.2, 0) is 27.3 Å². The number of carboxylic acids is 1. The van der Waals surface area contributed by atoms with Crippen molar-refractivity contribution in [2.75, 3.05) is 18.2 Å². The van der Waals surface area contributed by atoms with Gasteiger partial charge in [0.15, 0.2) is 0 Å². The molecule has 0 unspecified atom stereocenters. The first kappa shape index (κ1) is 25.4. The predicted octanol–water partition coefficient (Wildman–Crippen LogP) is 3.80. The Labute approximate surface area is 219 Å². The normalized spacial score (nSPS) is 21.3. The number of rotatable bonds is 9. The molecule has 9 nitrogen and oxygen atoms in total. The molecule has 10 heteroatoms. The molecule has 2 aliphatic heterocycles. The van der Waals surface area contributed by atoms with Gasteiger partial charge in [-0.2, -0.15) is 0 Å². The number of hydrogen-bond acceptors (Lipinski definition) is 8. The van der Waals surface area contributed by atoms with Gasteiger partial charge in [-0.1, -0.05) is 12.1 Å². The molecule has 1 saturated heterocycles. The highest BCUT2D eigenvalue weighted by molar-refractivity contribution is 8.00. The van der Waals surface area contributed by atoms with Crippen molar-refractivity contribution < 1.29 is 24.2 Å². The minimum Gasteiger partial charge on any atom is -0.495 e. The maximum atomic E-state index is 11.7. The number of thioether (sulfide) groups is 1. The van der Waals surface area contributed by atoms with Crippen LogP contribution in [0, 0.1) is 0 Å². The zero-order valence-corrected chi connectivity index (χ0v) is 21.4. The van der Waals surface area contributed by atoms with Crippen molar-refractivity contribution in [3.63, 3.8) is 0 Å².